The Kier molecular flexibility index (Phi) is 7.18. The van der Waals surface area contributed by atoms with Crippen LogP contribution in [0.1, 0.15) is 18.5 Å². The fourth-order valence-electron chi connectivity index (χ4n) is 2.86. The number of halogens is 2. The molecular weight excluding hydrogens is 523 g/mol. The molecule has 0 unspecified atom stereocenters. The summed E-state index contributed by atoms with van der Waals surface area (Å²) in [6.45, 7) is 1.14. The zero-order valence-electron chi connectivity index (χ0n) is 16.5. The van der Waals surface area contributed by atoms with E-state index in [0.717, 1.165) is 24.6 Å². The number of nitrogens with zero attached hydrogens (tertiary/aromatic N) is 3. The smallest absolute Gasteiger partial charge is 0.253 e. The summed E-state index contributed by atoms with van der Waals surface area (Å²) in [4.78, 5) is 27.9. The summed E-state index contributed by atoms with van der Waals surface area (Å²) in [7, 11) is 0. The molecule has 4 rings (SSSR count). The molecule has 1 aromatic heterocycles. The summed E-state index contributed by atoms with van der Waals surface area (Å²) in [5, 5.41) is 16.2. The maximum Gasteiger partial charge on any atom is 0.253 e. The van der Waals surface area contributed by atoms with E-state index in [9.17, 15) is 19.2 Å². The molecule has 9 nitrogen and oxygen atoms in total. The molecule has 0 saturated heterocycles. The minimum atomic E-state index is -0.506. The van der Waals surface area contributed by atoms with Crippen LogP contribution in [0.25, 0.3) is 0 Å². The molecule has 1 heterocycles. The monoisotopic (exact) mass is 540 g/mol. The van der Waals surface area contributed by atoms with E-state index in [1.807, 2.05) is 5.48 Å². The summed E-state index contributed by atoms with van der Waals surface area (Å²) >= 11 is 5.42. The molecule has 4 N–H and O–H groups in total. The number of hydrogen-bond acceptors (Lipinski definition) is 10. The summed E-state index contributed by atoms with van der Waals surface area (Å²) in [6, 6.07) is 4.20. The highest BCUT2D eigenvalue weighted by molar-refractivity contribution is 9.10. The Labute approximate surface area is 198 Å². The van der Waals surface area contributed by atoms with Gasteiger partial charge < -0.3 is 10.6 Å². The van der Waals surface area contributed by atoms with Crippen LogP contribution < -0.4 is 27.0 Å². The normalized spacial score (nSPS) is 14.0. The van der Waals surface area contributed by atoms with Crippen LogP contribution in [0.5, 0.6) is 0 Å². The Bertz CT molecular complexity index is 1220. The van der Waals surface area contributed by atoms with Crippen molar-refractivity contribution in [2.45, 2.75) is 17.9 Å². The maximum absolute atomic E-state index is 13.4. The molecule has 1 saturated carbocycles. The summed E-state index contributed by atoms with van der Waals surface area (Å²) in [6.07, 6.45) is 2.30. The topological polar surface area (TPSA) is 129 Å². The molecule has 3 aromatic rings. The Balaban J connectivity index is 1.36. The van der Waals surface area contributed by atoms with Crippen LogP contribution in [0.2, 0.25) is 0 Å². The van der Waals surface area contributed by atoms with Crippen LogP contribution in [0.15, 0.2) is 42.3 Å². The first-order chi connectivity index (χ1) is 15.5. The first kappa shape index (κ1) is 22.8. The van der Waals surface area contributed by atoms with Crippen LogP contribution in [-0.2, 0) is 0 Å². The molecule has 32 heavy (non-hydrogen) atoms. The molecule has 0 aliphatic heterocycles. The predicted octanol–water partition coefficient (Wildman–Crippen LogP) is 3.12. The maximum atomic E-state index is 13.4. The van der Waals surface area contributed by atoms with Gasteiger partial charge in [-0.25, -0.2) is 9.38 Å². The highest BCUT2D eigenvalue weighted by Gasteiger charge is 2.25. The quantitative estimate of drug-likeness (QED) is 0.0765. The SMILES string of the molecule is O=c1c(NCCSc2nsnc2C(=Nc2ccc(F)c(Br)c2)NO)c(NCC2CC2)c1=O. The van der Waals surface area contributed by atoms with Crippen molar-refractivity contribution in [1.82, 2.24) is 14.2 Å². The van der Waals surface area contributed by atoms with E-state index in [0.29, 0.717) is 52.5 Å². The molecule has 168 valence electrons. The van der Waals surface area contributed by atoms with E-state index in [-0.39, 0.29) is 10.3 Å². The first-order valence-corrected chi connectivity index (χ1v) is 12.2. The van der Waals surface area contributed by atoms with Crippen molar-refractivity contribution < 1.29 is 9.60 Å². The van der Waals surface area contributed by atoms with Gasteiger partial charge in [0, 0.05) is 18.8 Å². The van der Waals surface area contributed by atoms with Gasteiger partial charge in [0.15, 0.2) is 11.5 Å². The second-order valence-electron chi connectivity index (χ2n) is 7.10. The van der Waals surface area contributed by atoms with Crippen molar-refractivity contribution in [3.63, 3.8) is 0 Å². The number of hydroxylamine groups is 1. The molecule has 1 fully saturated rings. The van der Waals surface area contributed by atoms with E-state index < -0.39 is 16.7 Å². The minimum absolute atomic E-state index is 0.0711. The number of aromatic nitrogens is 2. The highest BCUT2D eigenvalue weighted by atomic mass is 79.9. The van der Waals surface area contributed by atoms with Gasteiger partial charge in [-0.2, -0.15) is 8.75 Å². The molecule has 0 radical (unpaired) electrons. The Hall–Kier alpha value is -2.35. The molecular formula is C19H18BrFN6O3S2. The zero-order chi connectivity index (χ0) is 22.7. The lowest BCUT2D eigenvalue weighted by Gasteiger charge is -2.14. The molecule has 1 aliphatic carbocycles. The van der Waals surface area contributed by atoms with E-state index in [4.69, 9.17) is 0 Å². The highest BCUT2D eigenvalue weighted by Crippen LogP contribution is 2.29. The van der Waals surface area contributed by atoms with Crippen molar-refractivity contribution in [2.24, 2.45) is 10.9 Å². The van der Waals surface area contributed by atoms with Crippen LogP contribution in [-0.4, -0.2) is 38.6 Å². The lowest BCUT2D eigenvalue weighted by Crippen LogP contribution is -2.38. The fraction of sp³-hybridized carbons (Fsp3) is 0.316. The second-order valence-corrected chi connectivity index (χ2v) is 9.56. The van der Waals surface area contributed by atoms with Crippen molar-refractivity contribution in [2.75, 3.05) is 29.5 Å². The van der Waals surface area contributed by atoms with Crippen LogP contribution in [0, 0.1) is 11.7 Å². The van der Waals surface area contributed by atoms with E-state index in [1.165, 1.54) is 30.0 Å². The summed E-state index contributed by atoms with van der Waals surface area (Å²) in [5.41, 5.74) is 2.49. The summed E-state index contributed by atoms with van der Waals surface area (Å²) < 4.78 is 22.1. The van der Waals surface area contributed by atoms with Crippen LogP contribution in [0.3, 0.4) is 0 Å². The molecule has 1 aliphatic rings. The third-order valence-corrected chi connectivity index (χ3v) is 6.97. The lowest BCUT2D eigenvalue weighted by molar-refractivity contribution is 0.234. The third-order valence-electron chi connectivity index (χ3n) is 4.75. The number of amidine groups is 1. The van der Waals surface area contributed by atoms with Gasteiger partial charge in [-0.1, -0.05) is 0 Å². The third kappa shape index (κ3) is 5.17. The number of aliphatic imine (C=N–C) groups is 1. The number of benzene rings is 1. The average molecular weight is 541 g/mol. The largest absolute Gasteiger partial charge is 0.380 e. The van der Waals surface area contributed by atoms with Gasteiger partial charge in [0.1, 0.15) is 22.2 Å². The van der Waals surface area contributed by atoms with Crippen molar-refractivity contribution in [3.8, 4) is 0 Å². The number of anilines is 2. The van der Waals surface area contributed by atoms with E-state index in [2.05, 4.69) is 40.3 Å². The molecule has 13 heteroatoms. The van der Waals surface area contributed by atoms with Gasteiger partial charge in [0.25, 0.3) is 10.9 Å². The number of hydrogen-bond donors (Lipinski definition) is 4. The Morgan fingerprint density at radius 2 is 2.00 bits per heavy atom. The first-order valence-electron chi connectivity index (χ1n) is 9.68. The van der Waals surface area contributed by atoms with Crippen molar-refractivity contribution in [1.29, 1.82) is 0 Å². The molecule has 0 atom stereocenters. The number of thioether (sulfide) groups is 1. The number of nitrogens with one attached hydrogen (secondary N) is 3. The van der Waals surface area contributed by atoms with Crippen molar-refractivity contribution >= 4 is 62.3 Å². The number of rotatable bonds is 10. The molecule has 0 spiro atoms. The Morgan fingerprint density at radius 1 is 1.25 bits per heavy atom. The average Bonchev–Trinajstić information content (AvgIpc) is 3.51. The standard InChI is InChI=1S/C19H18BrFN6O3S2/c20-11-7-10(3-4-12(11)21)24-18(25-30)15-19(27-32-26-15)31-6-5-22-13-14(17(29)16(13)28)23-8-9-1-2-9/h3-4,7,9,22-23,30H,1-2,5-6,8H2,(H,24,25). The van der Waals surface area contributed by atoms with E-state index >= 15 is 0 Å². The van der Waals surface area contributed by atoms with Crippen LogP contribution in [0.4, 0.5) is 21.5 Å². The van der Waals surface area contributed by atoms with Crippen molar-refractivity contribution in [3.05, 3.63) is 54.6 Å². The zero-order valence-corrected chi connectivity index (χ0v) is 19.7. The lowest BCUT2D eigenvalue weighted by atomic mass is 10.2. The Morgan fingerprint density at radius 3 is 2.69 bits per heavy atom. The predicted molar refractivity (Wildman–Crippen MR) is 127 cm³/mol. The minimum Gasteiger partial charge on any atom is -0.380 e. The van der Waals surface area contributed by atoms with Gasteiger partial charge in [0.2, 0.25) is 0 Å². The second kappa shape index (κ2) is 10.1. The van der Waals surface area contributed by atoms with E-state index in [1.54, 1.807) is 0 Å². The van der Waals surface area contributed by atoms with Gasteiger partial charge in [-0.15, -0.1) is 11.8 Å². The molecule has 0 bridgehead atoms. The van der Waals surface area contributed by atoms with Gasteiger partial charge in [0.05, 0.1) is 21.9 Å². The summed E-state index contributed by atoms with van der Waals surface area (Å²) in [5.74, 6) is 0.765. The van der Waals surface area contributed by atoms with Gasteiger partial charge in [-0.3, -0.25) is 20.3 Å². The van der Waals surface area contributed by atoms with Crippen LogP contribution >= 0.6 is 39.4 Å². The van der Waals surface area contributed by atoms with Gasteiger partial charge >= 0.3 is 0 Å². The molecule has 0 amide bonds. The molecule has 2 aromatic carbocycles. The van der Waals surface area contributed by atoms with Gasteiger partial charge in [-0.05, 0) is 52.9 Å². The fourth-order valence-corrected chi connectivity index (χ4v) is 4.72.